The number of halogens is 3. The monoisotopic (exact) mass is 342 g/mol. The Morgan fingerprint density at radius 3 is 2.15 bits per heavy atom. The van der Waals surface area contributed by atoms with Gasteiger partial charge in [0.15, 0.2) is 0 Å². The SMILES string of the molecule is COc1cccc(OC)c1C(Br)c1cc(F)ccc1F. The van der Waals surface area contributed by atoms with Crippen molar-refractivity contribution in [1.29, 1.82) is 0 Å². The van der Waals surface area contributed by atoms with E-state index in [9.17, 15) is 8.78 Å². The van der Waals surface area contributed by atoms with Crippen molar-refractivity contribution in [3.8, 4) is 11.5 Å². The average molecular weight is 343 g/mol. The Balaban J connectivity index is 2.58. The highest BCUT2D eigenvalue weighted by molar-refractivity contribution is 9.09. The Labute approximate surface area is 124 Å². The van der Waals surface area contributed by atoms with E-state index in [1.807, 2.05) is 0 Å². The first-order chi connectivity index (χ1) is 9.58. The quantitative estimate of drug-likeness (QED) is 0.763. The summed E-state index contributed by atoms with van der Waals surface area (Å²) in [5.74, 6) is 0.0747. The molecule has 0 aromatic heterocycles. The molecule has 20 heavy (non-hydrogen) atoms. The smallest absolute Gasteiger partial charge is 0.128 e. The lowest BCUT2D eigenvalue weighted by atomic mass is 10.0. The zero-order valence-electron chi connectivity index (χ0n) is 11.0. The molecule has 2 aromatic rings. The number of methoxy groups -OCH3 is 2. The van der Waals surface area contributed by atoms with Crippen LogP contribution < -0.4 is 9.47 Å². The second-order valence-electron chi connectivity index (χ2n) is 4.10. The van der Waals surface area contributed by atoms with Crippen LogP contribution in [0.2, 0.25) is 0 Å². The molecule has 0 aliphatic rings. The van der Waals surface area contributed by atoms with E-state index < -0.39 is 16.5 Å². The minimum absolute atomic E-state index is 0.188. The van der Waals surface area contributed by atoms with Crippen molar-refractivity contribution in [1.82, 2.24) is 0 Å². The maximum Gasteiger partial charge on any atom is 0.128 e. The fraction of sp³-hybridized carbons (Fsp3) is 0.200. The fourth-order valence-corrected chi connectivity index (χ4v) is 2.80. The van der Waals surface area contributed by atoms with Crippen LogP contribution in [-0.4, -0.2) is 14.2 Å². The van der Waals surface area contributed by atoms with E-state index in [0.717, 1.165) is 18.2 Å². The second kappa shape index (κ2) is 6.22. The third kappa shape index (κ3) is 2.77. The summed E-state index contributed by atoms with van der Waals surface area (Å²) in [5, 5.41) is 0. The number of hydrogen-bond acceptors (Lipinski definition) is 2. The molecule has 0 saturated carbocycles. The van der Waals surface area contributed by atoms with Crippen LogP contribution in [0.1, 0.15) is 16.0 Å². The lowest BCUT2D eigenvalue weighted by Crippen LogP contribution is -2.03. The summed E-state index contributed by atoms with van der Waals surface area (Å²) in [6.45, 7) is 0. The van der Waals surface area contributed by atoms with Crippen LogP contribution in [0.15, 0.2) is 36.4 Å². The Hall–Kier alpha value is -1.62. The molecule has 2 rings (SSSR count). The normalized spacial score (nSPS) is 12.1. The molecule has 1 unspecified atom stereocenters. The van der Waals surface area contributed by atoms with Gasteiger partial charge in [0, 0.05) is 5.56 Å². The highest BCUT2D eigenvalue weighted by atomic mass is 79.9. The summed E-state index contributed by atoms with van der Waals surface area (Å²) in [6, 6.07) is 8.58. The Morgan fingerprint density at radius 1 is 1.00 bits per heavy atom. The molecule has 0 saturated heterocycles. The third-order valence-electron chi connectivity index (χ3n) is 2.95. The van der Waals surface area contributed by atoms with E-state index in [0.29, 0.717) is 17.1 Å². The van der Waals surface area contributed by atoms with Crippen LogP contribution in [0.4, 0.5) is 8.78 Å². The van der Waals surface area contributed by atoms with Crippen LogP contribution >= 0.6 is 15.9 Å². The van der Waals surface area contributed by atoms with E-state index in [1.165, 1.54) is 14.2 Å². The summed E-state index contributed by atoms with van der Waals surface area (Å²) in [6.07, 6.45) is 0. The van der Waals surface area contributed by atoms with Crippen LogP contribution in [0.5, 0.6) is 11.5 Å². The molecule has 5 heteroatoms. The number of ether oxygens (including phenoxy) is 2. The Bertz CT molecular complexity index is 595. The maximum atomic E-state index is 13.9. The van der Waals surface area contributed by atoms with E-state index in [4.69, 9.17) is 9.47 Å². The summed E-state index contributed by atoms with van der Waals surface area (Å²) in [7, 11) is 3.03. The van der Waals surface area contributed by atoms with Crippen molar-refractivity contribution in [2.24, 2.45) is 0 Å². The van der Waals surface area contributed by atoms with Crippen molar-refractivity contribution in [2.45, 2.75) is 4.83 Å². The number of rotatable bonds is 4. The fourth-order valence-electron chi connectivity index (χ4n) is 1.99. The maximum absolute atomic E-state index is 13.9. The van der Waals surface area contributed by atoms with Crippen molar-refractivity contribution in [2.75, 3.05) is 14.2 Å². The highest BCUT2D eigenvalue weighted by Crippen LogP contribution is 2.43. The summed E-state index contributed by atoms with van der Waals surface area (Å²) in [5.41, 5.74) is 0.801. The van der Waals surface area contributed by atoms with E-state index in [-0.39, 0.29) is 5.56 Å². The topological polar surface area (TPSA) is 18.5 Å². The lowest BCUT2D eigenvalue weighted by molar-refractivity contribution is 0.386. The number of benzene rings is 2. The molecular formula is C15H13BrF2O2. The van der Waals surface area contributed by atoms with Crippen LogP contribution in [0, 0.1) is 11.6 Å². The van der Waals surface area contributed by atoms with Crippen LogP contribution in [-0.2, 0) is 0 Å². The third-order valence-corrected chi connectivity index (χ3v) is 3.90. The van der Waals surface area contributed by atoms with Gasteiger partial charge in [0.2, 0.25) is 0 Å². The molecular weight excluding hydrogens is 330 g/mol. The standard InChI is InChI=1S/C15H13BrF2O2/c1-19-12-4-3-5-13(20-2)14(12)15(16)10-8-9(17)6-7-11(10)18/h3-8,15H,1-2H3. The van der Waals surface area contributed by atoms with Crippen LogP contribution in [0.25, 0.3) is 0 Å². The highest BCUT2D eigenvalue weighted by Gasteiger charge is 2.23. The van der Waals surface area contributed by atoms with Gasteiger partial charge < -0.3 is 9.47 Å². The van der Waals surface area contributed by atoms with Gasteiger partial charge >= 0.3 is 0 Å². The van der Waals surface area contributed by atoms with Crippen molar-refractivity contribution in [3.05, 3.63) is 59.2 Å². The molecule has 2 aromatic carbocycles. The minimum atomic E-state index is -0.579. The van der Waals surface area contributed by atoms with Crippen molar-refractivity contribution < 1.29 is 18.3 Å². The molecule has 106 valence electrons. The molecule has 0 radical (unpaired) electrons. The molecule has 2 nitrogen and oxygen atoms in total. The van der Waals surface area contributed by atoms with Gasteiger partial charge in [-0.3, -0.25) is 0 Å². The van der Waals surface area contributed by atoms with Gasteiger partial charge in [-0.1, -0.05) is 22.0 Å². The molecule has 0 amide bonds. The molecule has 0 N–H and O–H groups in total. The van der Waals surface area contributed by atoms with Gasteiger partial charge in [0.25, 0.3) is 0 Å². The van der Waals surface area contributed by atoms with E-state index in [1.54, 1.807) is 18.2 Å². The van der Waals surface area contributed by atoms with Crippen molar-refractivity contribution >= 4 is 15.9 Å². The molecule has 0 fully saturated rings. The predicted octanol–water partition coefficient (Wildman–Crippen LogP) is 4.47. The van der Waals surface area contributed by atoms with Gasteiger partial charge in [-0.25, -0.2) is 8.78 Å². The van der Waals surface area contributed by atoms with E-state index >= 15 is 0 Å². The minimum Gasteiger partial charge on any atom is -0.496 e. The summed E-state index contributed by atoms with van der Waals surface area (Å²) in [4.78, 5) is -0.579. The second-order valence-corrected chi connectivity index (χ2v) is 5.02. The first kappa shape index (κ1) is 14.8. The van der Waals surface area contributed by atoms with Gasteiger partial charge in [0.1, 0.15) is 23.1 Å². The predicted molar refractivity (Wildman–Crippen MR) is 76.7 cm³/mol. The van der Waals surface area contributed by atoms with Gasteiger partial charge in [-0.15, -0.1) is 0 Å². The molecule has 1 atom stereocenters. The first-order valence-electron chi connectivity index (χ1n) is 5.88. The Kier molecular flexibility index (Phi) is 4.60. The average Bonchev–Trinajstić information content (AvgIpc) is 2.48. The largest absolute Gasteiger partial charge is 0.496 e. The van der Waals surface area contributed by atoms with Crippen LogP contribution in [0.3, 0.4) is 0 Å². The summed E-state index contributed by atoms with van der Waals surface area (Å²) < 4.78 is 37.8. The number of alkyl halides is 1. The zero-order chi connectivity index (χ0) is 14.7. The van der Waals surface area contributed by atoms with Gasteiger partial charge in [-0.2, -0.15) is 0 Å². The molecule has 0 aliphatic heterocycles. The molecule has 0 aliphatic carbocycles. The van der Waals surface area contributed by atoms with Crippen molar-refractivity contribution in [3.63, 3.8) is 0 Å². The lowest BCUT2D eigenvalue weighted by Gasteiger charge is -2.18. The van der Waals surface area contributed by atoms with E-state index in [2.05, 4.69) is 15.9 Å². The first-order valence-corrected chi connectivity index (χ1v) is 6.80. The molecule has 0 heterocycles. The van der Waals surface area contributed by atoms with Gasteiger partial charge in [0.05, 0.1) is 24.6 Å². The van der Waals surface area contributed by atoms with Gasteiger partial charge in [-0.05, 0) is 30.3 Å². The Morgan fingerprint density at radius 2 is 1.60 bits per heavy atom. The number of hydrogen-bond donors (Lipinski definition) is 0. The molecule has 0 spiro atoms. The zero-order valence-corrected chi connectivity index (χ0v) is 12.6. The summed E-state index contributed by atoms with van der Waals surface area (Å²) >= 11 is 3.40. The molecule has 0 bridgehead atoms.